The average molecular weight is 545 g/mol. The van der Waals surface area contributed by atoms with Crippen molar-refractivity contribution in [2.45, 2.75) is 46.7 Å². The minimum atomic E-state index is -4.65. The van der Waals surface area contributed by atoms with Crippen molar-refractivity contribution in [3.8, 4) is 16.9 Å². The molecule has 0 saturated carbocycles. The van der Waals surface area contributed by atoms with Crippen LogP contribution >= 0.6 is 11.6 Å². The number of amides is 1. The normalized spacial score (nSPS) is 11.8. The number of halogens is 4. The van der Waals surface area contributed by atoms with E-state index in [1.165, 1.54) is 6.07 Å². The highest BCUT2D eigenvalue weighted by molar-refractivity contribution is 6.32. The molecule has 0 radical (unpaired) electrons. The Morgan fingerprint density at radius 1 is 1.16 bits per heavy atom. The fourth-order valence-corrected chi connectivity index (χ4v) is 4.36. The molecule has 38 heavy (non-hydrogen) atoms. The highest BCUT2D eigenvalue weighted by atomic mass is 35.5. The summed E-state index contributed by atoms with van der Waals surface area (Å²) >= 11 is 6.11. The van der Waals surface area contributed by atoms with Gasteiger partial charge in [0, 0.05) is 29.6 Å². The Balaban J connectivity index is 1.64. The van der Waals surface area contributed by atoms with Gasteiger partial charge in [-0.1, -0.05) is 36.7 Å². The smallest absolute Gasteiger partial charge is 0.322 e. The van der Waals surface area contributed by atoms with Gasteiger partial charge in [-0.3, -0.25) is 9.48 Å². The maximum Gasteiger partial charge on any atom is 0.417 e. The van der Waals surface area contributed by atoms with E-state index in [1.807, 2.05) is 34.7 Å². The Hall–Kier alpha value is -3.66. The third-order valence-corrected chi connectivity index (χ3v) is 6.87. The van der Waals surface area contributed by atoms with Gasteiger partial charge < -0.3 is 5.32 Å². The first kappa shape index (κ1) is 27.4. The summed E-state index contributed by atoms with van der Waals surface area (Å²) in [5.74, 6) is -0.274. The second kappa shape index (κ2) is 10.6. The number of anilines is 1. The first-order valence-electron chi connectivity index (χ1n) is 12.1. The van der Waals surface area contributed by atoms with E-state index in [4.69, 9.17) is 11.6 Å². The molecule has 4 aromatic rings. The molecule has 0 aliphatic heterocycles. The standard InChI is InChI=1S/C27H28ClF3N6O/c1-15(2)6-8-18-10-20(12-22(25(18)28)27(29,30)31)33-26(38)19-9-7-16(3)24(11-19)37-14-23(34-35-37)21-13-32-36(5)17(21)4/h7,9-15H,6,8H2,1-5H3,(H,33,38). The molecule has 200 valence electrons. The van der Waals surface area contributed by atoms with E-state index in [9.17, 15) is 18.0 Å². The zero-order valence-corrected chi connectivity index (χ0v) is 22.4. The molecule has 0 aliphatic rings. The predicted octanol–water partition coefficient (Wildman–Crippen LogP) is 6.80. The van der Waals surface area contributed by atoms with E-state index < -0.39 is 17.6 Å². The molecule has 0 spiro atoms. The minimum Gasteiger partial charge on any atom is -0.322 e. The number of benzene rings is 2. The highest BCUT2D eigenvalue weighted by Gasteiger charge is 2.35. The molecule has 0 fully saturated rings. The van der Waals surface area contributed by atoms with Gasteiger partial charge in [-0.05, 0) is 68.0 Å². The van der Waals surface area contributed by atoms with Crippen molar-refractivity contribution in [1.82, 2.24) is 24.8 Å². The molecular formula is C27H28ClF3N6O. The molecular weight excluding hydrogens is 517 g/mol. The maximum absolute atomic E-state index is 13.7. The van der Waals surface area contributed by atoms with Crippen LogP contribution in [0.2, 0.25) is 5.02 Å². The zero-order valence-electron chi connectivity index (χ0n) is 21.7. The summed E-state index contributed by atoms with van der Waals surface area (Å²) in [7, 11) is 1.83. The Labute approximate surface area is 223 Å². The molecule has 0 unspecified atom stereocenters. The van der Waals surface area contributed by atoms with Gasteiger partial charge in [-0.2, -0.15) is 18.3 Å². The molecule has 11 heteroatoms. The molecule has 1 amide bonds. The Bertz CT molecular complexity index is 1490. The van der Waals surface area contributed by atoms with Crippen LogP contribution in [0.25, 0.3) is 16.9 Å². The van der Waals surface area contributed by atoms with E-state index in [0.29, 0.717) is 29.8 Å². The van der Waals surface area contributed by atoms with Crippen LogP contribution in [0.1, 0.15) is 53.0 Å². The molecule has 1 N–H and O–H groups in total. The average Bonchev–Trinajstić information content (AvgIpc) is 3.45. The van der Waals surface area contributed by atoms with Crippen LogP contribution < -0.4 is 5.32 Å². The molecule has 0 bridgehead atoms. The van der Waals surface area contributed by atoms with E-state index in [1.54, 1.807) is 40.0 Å². The van der Waals surface area contributed by atoms with Crippen LogP contribution in [0.4, 0.5) is 18.9 Å². The van der Waals surface area contributed by atoms with Gasteiger partial charge in [0.25, 0.3) is 5.91 Å². The van der Waals surface area contributed by atoms with Gasteiger partial charge in [0.05, 0.1) is 28.7 Å². The van der Waals surface area contributed by atoms with Crippen LogP contribution in [-0.2, 0) is 19.6 Å². The van der Waals surface area contributed by atoms with E-state index >= 15 is 0 Å². The molecule has 4 rings (SSSR count). The fraction of sp³-hybridized carbons (Fsp3) is 0.333. The number of hydrogen-bond donors (Lipinski definition) is 1. The van der Waals surface area contributed by atoms with Crippen molar-refractivity contribution in [2.24, 2.45) is 13.0 Å². The highest BCUT2D eigenvalue weighted by Crippen LogP contribution is 2.39. The summed E-state index contributed by atoms with van der Waals surface area (Å²) in [5, 5.41) is 15.0. The third kappa shape index (κ3) is 5.75. The van der Waals surface area contributed by atoms with Crippen LogP contribution in [0.5, 0.6) is 0 Å². The van der Waals surface area contributed by atoms with Crippen molar-refractivity contribution >= 4 is 23.2 Å². The first-order valence-corrected chi connectivity index (χ1v) is 12.5. The largest absolute Gasteiger partial charge is 0.417 e. The molecule has 2 aromatic heterocycles. The van der Waals surface area contributed by atoms with Crippen LogP contribution in [0.3, 0.4) is 0 Å². The van der Waals surface area contributed by atoms with Crippen LogP contribution in [-0.4, -0.2) is 30.7 Å². The SMILES string of the molecule is Cc1ccc(C(=O)Nc2cc(CCC(C)C)c(Cl)c(C(F)(F)F)c2)cc1-n1cc(-c2cnn(C)c2C)nn1. The lowest BCUT2D eigenvalue weighted by Gasteiger charge is -2.17. The fourth-order valence-electron chi connectivity index (χ4n) is 4.04. The van der Waals surface area contributed by atoms with Gasteiger partial charge in [0.15, 0.2) is 0 Å². The van der Waals surface area contributed by atoms with Crippen molar-refractivity contribution in [2.75, 3.05) is 5.32 Å². The third-order valence-electron chi connectivity index (χ3n) is 6.42. The lowest BCUT2D eigenvalue weighted by atomic mass is 9.99. The Morgan fingerprint density at radius 2 is 1.89 bits per heavy atom. The van der Waals surface area contributed by atoms with Gasteiger partial charge in [-0.25, -0.2) is 4.68 Å². The molecule has 0 aliphatic carbocycles. The lowest BCUT2D eigenvalue weighted by molar-refractivity contribution is -0.137. The van der Waals surface area contributed by atoms with Crippen LogP contribution in [0, 0.1) is 19.8 Å². The summed E-state index contributed by atoms with van der Waals surface area (Å²) in [5.41, 5.74) is 3.50. The van der Waals surface area contributed by atoms with E-state index in [2.05, 4.69) is 20.7 Å². The van der Waals surface area contributed by atoms with Crippen molar-refractivity contribution in [3.05, 3.63) is 75.7 Å². The number of aryl methyl sites for hydroxylation is 3. The molecule has 7 nitrogen and oxygen atoms in total. The maximum atomic E-state index is 13.7. The monoisotopic (exact) mass is 544 g/mol. The number of carbonyl (C=O) groups excluding carboxylic acids is 1. The molecule has 0 atom stereocenters. The number of aromatic nitrogens is 5. The van der Waals surface area contributed by atoms with Gasteiger partial charge >= 0.3 is 6.18 Å². The minimum absolute atomic E-state index is 0.0303. The summed E-state index contributed by atoms with van der Waals surface area (Å²) in [6.45, 7) is 7.75. The number of nitrogens with zero attached hydrogens (tertiary/aromatic N) is 5. The van der Waals surface area contributed by atoms with E-state index in [-0.39, 0.29) is 22.2 Å². The van der Waals surface area contributed by atoms with E-state index in [0.717, 1.165) is 22.9 Å². The van der Waals surface area contributed by atoms with Gasteiger partial charge in [0.1, 0.15) is 5.69 Å². The summed E-state index contributed by atoms with van der Waals surface area (Å²) in [4.78, 5) is 13.1. The summed E-state index contributed by atoms with van der Waals surface area (Å²) in [6, 6.07) is 7.36. The van der Waals surface area contributed by atoms with Crippen molar-refractivity contribution in [1.29, 1.82) is 0 Å². The van der Waals surface area contributed by atoms with Crippen LogP contribution in [0.15, 0.2) is 42.7 Å². The van der Waals surface area contributed by atoms with Crippen molar-refractivity contribution in [3.63, 3.8) is 0 Å². The quantitative estimate of drug-likeness (QED) is 0.277. The summed E-state index contributed by atoms with van der Waals surface area (Å²) in [6.07, 6.45) is -0.183. The zero-order chi connectivity index (χ0) is 27.8. The molecule has 2 aromatic carbocycles. The second-order valence-corrected chi connectivity index (χ2v) is 10.1. The van der Waals surface area contributed by atoms with Gasteiger partial charge in [-0.15, -0.1) is 5.10 Å². The van der Waals surface area contributed by atoms with Crippen molar-refractivity contribution < 1.29 is 18.0 Å². The lowest BCUT2D eigenvalue weighted by Crippen LogP contribution is -2.15. The Morgan fingerprint density at radius 3 is 2.53 bits per heavy atom. The molecule has 0 saturated heterocycles. The summed E-state index contributed by atoms with van der Waals surface area (Å²) < 4.78 is 44.4. The number of alkyl halides is 3. The molecule has 2 heterocycles. The number of hydrogen-bond acceptors (Lipinski definition) is 4. The number of carbonyl (C=O) groups is 1. The topological polar surface area (TPSA) is 77.6 Å². The first-order chi connectivity index (χ1) is 17.8. The van der Waals surface area contributed by atoms with Gasteiger partial charge in [0.2, 0.25) is 0 Å². The number of rotatable bonds is 7. The number of nitrogens with one attached hydrogen (secondary N) is 1. The Kier molecular flexibility index (Phi) is 7.64. The second-order valence-electron chi connectivity index (χ2n) is 9.70. The predicted molar refractivity (Wildman–Crippen MR) is 141 cm³/mol.